The number of nitrogens with zero attached hydrogens (tertiary/aromatic N) is 5. The Kier molecular flexibility index (Phi) is 5.60. The number of hydrogen-bond acceptors (Lipinski definition) is 6. The molecule has 1 aromatic carbocycles. The topological polar surface area (TPSA) is 125 Å². The number of aromatic amines is 2. The third-order valence-corrected chi connectivity index (χ3v) is 6.12. The second kappa shape index (κ2) is 9.11. The van der Waals surface area contributed by atoms with Crippen LogP contribution in [0.4, 0.5) is 14.5 Å². The maximum Gasteiger partial charge on any atom is 0.226 e. The Hall–Kier alpha value is -5.06. The number of halogens is 2. The van der Waals surface area contributed by atoms with E-state index < -0.39 is 5.82 Å². The van der Waals surface area contributed by atoms with E-state index in [0.29, 0.717) is 33.8 Å². The van der Waals surface area contributed by atoms with Gasteiger partial charge in [0.2, 0.25) is 5.91 Å². The molecule has 0 spiro atoms. The Morgan fingerprint density at radius 1 is 0.974 bits per heavy atom. The maximum atomic E-state index is 16.0. The molecular weight excluding hydrogens is 490 g/mol. The summed E-state index contributed by atoms with van der Waals surface area (Å²) in [5, 5.41) is 10.1. The third-order valence-electron chi connectivity index (χ3n) is 6.12. The molecule has 0 aliphatic carbocycles. The Morgan fingerprint density at radius 2 is 1.79 bits per heavy atom. The molecule has 11 heteroatoms. The summed E-state index contributed by atoms with van der Waals surface area (Å²) in [5.41, 5.74) is 4.07. The number of H-pyrrole nitrogens is 2. The highest BCUT2D eigenvalue weighted by molar-refractivity contribution is 5.97. The Balaban J connectivity index is 1.45. The molecular formula is C27H20F2N8O. The normalized spacial score (nSPS) is 11.5. The number of nitrogens with one attached hydrogen (secondary N) is 3. The Morgan fingerprint density at radius 3 is 2.58 bits per heavy atom. The van der Waals surface area contributed by atoms with Gasteiger partial charge in [-0.1, -0.05) is 26.0 Å². The molecule has 0 aliphatic rings. The number of carbonyl (C=O) groups is 1. The number of benzene rings is 1. The van der Waals surface area contributed by atoms with Crippen LogP contribution in [0.2, 0.25) is 0 Å². The number of imidazole rings is 1. The van der Waals surface area contributed by atoms with Crippen LogP contribution in [-0.2, 0) is 4.79 Å². The first kappa shape index (κ1) is 23.3. The average molecular weight is 511 g/mol. The molecule has 0 aliphatic heterocycles. The zero-order chi connectivity index (χ0) is 26.4. The summed E-state index contributed by atoms with van der Waals surface area (Å²) in [6, 6.07) is 9.49. The van der Waals surface area contributed by atoms with Crippen LogP contribution in [0.1, 0.15) is 13.8 Å². The van der Waals surface area contributed by atoms with Gasteiger partial charge < -0.3 is 10.3 Å². The van der Waals surface area contributed by atoms with E-state index in [1.54, 1.807) is 44.3 Å². The van der Waals surface area contributed by atoms with Crippen molar-refractivity contribution in [2.24, 2.45) is 5.92 Å². The van der Waals surface area contributed by atoms with Crippen LogP contribution in [0.5, 0.6) is 0 Å². The van der Waals surface area contributed by atoms with Crippen LogP contribution in [0, 0.1) is 17.6 Å². The summed E-state index contributed by atoms with van der Waals surface area (Å²) in [4.78, 5) is 32.6. The van der Waals surface area contributed by atoms with Crippen molar-refractivity contribution in [3.63, 3.8) is 0 Å². The summed E-state index contributed by atoms with van der Waals surface area (Å²) in [6.45, 7) is 3.55. The van der Waals surface area contributed by atoms with E-state index in [1.165, 1.54) is 30.7 Å². The first-order chi connectivity index (χ1) is 18.4. The molecule has 1 amide bonds. The highest BCUT2D eigenvalue weighted by Crippen LogP contribution is 2.34. The van der Waals surface area contributed by atoms with Crippen LogP contribution < -0.4 is 5.32 Å². The molecule has 0 unspecified atom stereocenters. The van der Waals surface area contributed by atoms with Gasteiger partial charge in [-0.2, -0.15) is 5.10 Å². The SMILES string of the molecule is CC(C)C(=O)Nc1cncc(-c2ncc3[nH]nc(-c4nc5nccc(-c6ccc(F)cc6)c5[nH]4)c3c2F)c1. The fraction of sp³-hybridized carbons (Fsp3) is 0.111. The van der Waals surface area contributed by atoms with E-state index in [4.69, 9.17) is 0 Å². The molecule has 6 aromatic rings. The monoisotopic (exact) mass is 510 g/mol. The number of fused-ring (bicyclic) bond motifs is 2. The van der Waals surface area contributed by atoms with Gasteiger partial charge in [-0.15, -0.1) is 0 Å². The van der Waals surface area contributed by atoms with Gasteiger partial charge in [-0.25, -0.2) is 18.7 Å². The highest BCUT2D eigenvalue weighted by atomic mass is 19.1. The summed E-state index contributed by atoms with van der Waals surface area (Å²) in [6.07, 6.45) is 6.05. The molecule has 6 rings (SSSR count). The largest absolute Gasteiger partial charge is 0.335 e. The minimum Gasteiger partial charge on any atom is -0.335 e. The van der Waals surface area contributed by atoms with Crippen LogP contribution in [0.3, 0.4) is 0 Å². The lowest BCUT2D eigenvalue weighted by Gasteiger charge is -2.09. The maximum absolute atomic E-state index is 16.0. The van der Waals surface area contributed by atoms with Gasteiger partial charge in [0.05, 0.1) is 34.5 Å². The molecule has 0 fully saturated rings. The quantitative estimate of drug-likeness (QED) is 0.281. The third kappa shape index (κ3) is 4.03. The Labute approximate surface area is 214 Å². The molecule has 188 valence electrons. The lowest BCUT2D eigenvalue weighted by Crippen LogP contribution is -2.17. The molecule has 0 saturated heterocycles. The predicted molar refractivity (Wildman–Crippen MR) is 139 cm³/mol. The first-order valence-electron chi connectivity index (χ1n) is 11.8. The van der Waals surface area contributed by atoms with Crippen molar-refractivity contribution in [3.8, 4) is 33.9 Å². The minimum atomic E-state index is -0.618. The van der Waals surface area contributed by atoms with Gasteiger partial charge in [0.1, 0.15) is 17.2 Å². The van der Waals surface area contributed by atoms with Crippen molar-refractivity contribution in [2.75, 3.05) is 5.32 Å². The van der Waals surface area contributed by atoms with E-state index in [-0.39, 0.29) is 34.4 Å². The molecule has 0 atom stereocenters. The van der Waals surface area contributed by atoms with Crippen LogP contribution in [0.25, 0.3) is 56.0 Å². The van der Waals surface area contributed by atoms with E-state index in [0.717, 1.165) is 11.1 Å². The van der Waals surface area contributed by atoms with Gasteiger partial charge in [0.25, 0.3) is 0 Å². The van der Waals surface area contributed by atoms with Crippen LogP contribution in [-0.4, -0.2) is 41.0 Å². The fourth-order valence-electron chi connectivity index (χ4n) is 4.17. The standard InChI is InChI=1S/C27H20F2N8O/c1-13(2)27(38)33-17-9-15(10-30-11-17)22-21(29)20-19(12-32-22)36-37-24(20)26-34-23-18(7-8-31-25(23)35-26)14-3-5-16(28)6-4-14/h3-13H,1-2H3,(H,33,38)(H,36,37)(H,31,34,35). The number of carbonyl (C=O) groups excluding carboxylic acids is 1. The van der Waals surface area contributed by atoms with Gasteiger partial charge >= 0.3 is 0 Å². The summed E-state index contributed by atoms with van der Waals surface area (Å²) >= 11 is 0. The highest BCUT2D eigenvalue weighted by Gasteiger charge is 2.22. The number of aromatic nitrogens is 7. The van der Waals surface area contributed by atoms with Crippen molar-refractivity contribution < 1.29 is 13.6 Å². The fourth-order valence-corrected chi connectivity index (χ4v) is 4.17. The van der Waals surface area contributed by atoms with E-state index in [1.807, 2.05) is 0 Å². The summed E-state index contributed by atoms with van der Waals surface area (Å²) < 4.78 is 29.4. The lowest BCUT2D eigenvalue weighted by atomic mass is 10.1. The Bertz CT molecular complexity index is 1830. The van der Waals surface area contributed by atoms with Gasteiger partial charge in [-0.3, -0.25) is 19.9 Å². The average Bonchev–Trinajstić information content (AvgIpc) is 3.54. The van der Waals surface area contributed by atoms with E-state index >= 15 is 4.39 Å². The van der Waals surface area contributed by atoms with Gasteiger partial charge in [0, 0.05) is 29.4 Å². The molecule has 3 N–H and O–H groups in total. The summed E-state index contributed by atoms with van der Waals surface area (Å²) in [5.74, 6) is -1.05. The number of amides is 1. The van der Waals surface area contributed by atoms with Crippen molar-refractivity contribution in [2.45, 2.75) is 13.8 Å². The van der Waals surface area contributed by atoms with Crippen LogP contribution >= 0.6 is 0 Å². The van der Waals surface area contributed by atoms with E-state index in [9.17, 15) is 9.18 Å². The second-order valence-electron chi connectivity index (χ2n) is 9.04. The van der Waals surface area contributed by atoms with E-state index in [2.05, 4.69) is 40.4 Å². The first-order valence-corrected chi connectivity index (χ1v) is 11.8. The van der Waals surface area contributed by atoms with Crippen LogP contribution in [0.15, 0.2) is 61.2 Å². The molecule has 0 radical (unpaired) electrons. The second-order valence-corrected chi connectivity index (χ2v) is 9.04. The van der Waals surface area contributed by atoms with Gasteiger partial charge in [-0.05, 0) is 29.8 Å². The predicted octanol–water partition coefficient (Wildman–Crippen LogP) is 5.50. The molecule has 5 aromatic heterocycles. The molecule has 0 saturated carbocycles. The zero-order valence-corrected chi connectivity index (χ0v) is 20.3. The molecule has 0 bridgehead atoms. The van der Waals surface area contributed by atoms with Gasteiger partial charge in [0.15, 0.2) is 17.3 Å². The number of rotatable bonds is 5. The van der Waals surface area contributed by atoms with Crippen molar-refractivity contribution in [1.82, 2.24) is 35.1 Å². The smallest absolute Gasteiger partial charge is 0.226 e. The number of hydrogen-bond donors (Lipinski definition) is 3. The zero-order valence-electron chi connectivity index (χ0n) is 20.3. The molecule has 9 nitrogen and oxygen atoms in total. The van der Waals surface area contributed by atoms with Crippen molar-refractivity contribution >= 4 is 33.7 Å². The summed E-state index contributed by atoms with van der Waals surface area (Å²) in [7, 11) is 0. The minimum absolute atomic E-state index is 0.0505. The molecule has 5 heterocycles. The van der Waals surface area contributed by atoms with Crippen molar-refractivity contribution in [1.29, 1.82) is 0 Å². The van der Waals surface area contributed by atoms with Crippen molar-refractivity contribution in [3.05, 3.63) is 72.8 Å². The number of pyridine rings is 3. The number of anilines is 1. The molecule has 38 heavy (non-hydrogen) atoms. The lowest BCUT2D eigenvalue weighted by molar-refractivity contribution is -0.118.